The smallest absolute Gasteiger partial charge is 0.245 e. The Morgan fingerprint density at radius 1 is 1.12 bits per heavy atom. The molecular weight excluding hydrogens is 546 g/mol. The number of carbonyl (C=O) groups is 2. The highest BCUT2D eigenvalue weighted by atomic mass is 32.2. The van der Waals surface area contributed by atoms with Crippen molar-refractivity contribution in [2.45, 2.75) is 49.8 Å². The molecule has 0 spiro atoms. The largest absolute Gasteiger partial charge is 0.464 e. The van der Waals surface area contributed by atoms with Crippen molar-refractivity contribution >= 4 is 32.8 Å². The lowest BCUT2D eigenvalue weighted by atomic mass is 9.98. The van der Waals surface area contributed by atoms with Crippen LogP contribution in [0.1, 0.15) is 32.3 Å². The summed E-state index contributed by atoms with van der Waals surface area (Å²) in [5, 5.41) is 29.9. The van der Waals surface area contributed by atoms with Crippen LogP contribution in [0.2, 0.25) is 0 Å². The van der Waals surface area contributed by atoms with Gasteiger partial charge in [0.1, 0.15) is 17.3 Å². The maximum atomic E-state index is 14.1. The van der Waals surface area contributed by atoms with E-state index in [1.54, 1.807) is 43.4 Å². The number of likely N-dealkylation sites (N-methyl/N-ethyl adjacent to an activating group) is 1. The zero-order chi connectivity index (χ0) is 30.0. The summed E-state index contributed by atoms with van der Waals surface area (Å²) in [7, 11) is -2.62. The van der Waals surface area contributed by atoms with Crippen LogP contribution in [0.15, 0.2) is 70.2 Å². The molecule has 3 rings (SSSR count). The highest BCUT2D eigenvalue weighted by Crippen LogP contribution is 2.31. The SMILES string of the molecule is CNCC(=O)NC(C#N)CC(=O)NCCC(O)(Cc1ccccc1)N(CC(C)C)S(=O)(=O)c1ccc2occc2c1. The molecular formula is C29H37N5O6S. The summed E-state index contributed by atoms with van der Waals surface area (Å²) < 4.78 is 34.6. The van der Waals surface area contributed by atoms with E-state index >= 15 is 0 Å². The number of rotatable bonds is 15. The van der Waals surface area contributed by atoms with Gasteiger partial charge in [-0.25, -0.2) is 8.42 Å². The molecule has 2 atom stereocenters. The molecule has 0 aliphatic rings. The number of nitriles is 1. The van der Waals surface area contributed by atoms with Crippen molar-refractivity contribution in [2.24, 2.45) is 5.92 Å². The Balaban J connectivity index is 1.87. The van der Waals surface area contributed by atoms with Crippen molar-refractivity contribution in [3.05, 3.63) is 66.4 Å². The minimum absolute atomic E-state index is 0.00000883. The lowest BCUT2D eigenvalue weighted by Crippen LogP contribution is -2.56. The first-order valence-corrected chi connectivity index (χ1v) is 14.8. The van der Waals surface area contributed by atoms with E-state index in [9.17, 15) is 28.4 Å². The zero-order valence-electron chi connectivity index (χ0n) is 23.5. The molecule has 11 nitrogen and oxygen atoms in total. The van der Waals surface area contributed by atoms with Gasteiger partial charge < -0.3 is 25.5 Å². The average molecular weight is 584 g/mol. The maximum Gasteiger partial charge on any atom is 0.245 e. The number of benzene rings is 2. The lowest BCUT2D eigenvalue weighted by Gasteiger charge is -2.40. The Labute approximate surface area is 240 Å². The molecule has 1 aromatic heterocycles. The highest BCUT2D eigenvalue weighted by molar-refractivity contribution is 7.89. The fraction of sp³-hybridized carbons (Fsp3) is 0.414. The molecule has 0 aliphatic heterocycles. The minimum atomic E-state index is -4.20. The van der Waals surface area contributed by atoms with Crippen LogP contribution in [0, 0.1) is 17.2 Å². The summed E-state index contributed by atoms with van der Waals surface area (Å²) in [6, 6.07) is 16.1. The third-order valence-electron chi connectivity index (χ3n) is 6.40. The molecule has 2 unspecified atom stereocenters. The molecule has 220 valence electrons. The molecule has 2 amide bonds. The van der Waals surface area contributed by atoms with Crippen molar-refractivity contribution < 1.29 is 27.5 Å². The minimum Gasteiger partial charge on any atom is -0.464 e. The highest BCUT2D eigenvalue weighted by Gasteiger charge is 2.43. The van der Waals surface area contributed by atoms with Gasteiger partial charge in [-0.3, -0.25) is 9.59 Å². The van der Waals surface area contributed by atoms with Crippen molar-refractivity contribution in [1.82, 2.24) is 20.3 Å². The van der Waals surface area contributed by atoms with Crippen molar-refractivity contribution in [3.8, 4) is 6.07 Å². The Morgan fingerprint density at radius 2 is 1.85 bits per heavy atom. The Kier molecular flexibility index (Phi) is 11.0. The summed E-state index contributed by atoms with van der Waals surface area (Å²) >= 11 is 0. The molecule has 0 saturated heterocycles. The molecule has 3 aromatic rings. The predicted molar refractivity (Wildman–Crippen MR) is 154 cm³/mol. The summed E-state index contributed by atoms with van der Waals surface area (Å²) in [6.07, 6.45) is 1.04. The van der Waals surface area contributed by atoms with Crippen LogP contribution in [0.5, 0.6) is 0 Å². The Bertz CT molecular complexity index is 1470. The van der Waals surface area contributed by atoms with Crippen molar-refractivity contribution in [2.75, 3.05) is 26.7 Å². The van der Waals surface area contributed by atoms with E-state index < -0.39 is 33.6 Å². The molecule has 41 heavy (non-hydrogen) atoms. The van der Waals surface area contributed by atoms with E-state index in [0.29, 0.717) is 16.5 Å². The fourth-order valence-corrected chi connectivity index (χ4v) is 6.34. The summed E-state index contributed by atoms with van der Waals surface area (Å²) in [5.74, 6) is -1.07. The van der Waals surface area contributed by atoms with Crippen LogP contribution in [0.3, 0.4) is 0 Å². The van der Waals surface area contributed by atoms with E-state index in [2.05, 4.69) is 16.0 Å². The van der Waals surface area contributed by atoms with Crippen LogP contribution in [0.4, 0.5) is 0 Å². The van der Waals surface area contributed by atoms with Gasteiger partial charge in [0.05, 0.1) is 30.2 Å². The molecule has 0 radical (unpaired) electrons. The third-order valence-corrected chi connectivity index (χ3v) is 8.32. The van der Waals surface area contributed by atoms with Crippen LogP contribution >= 0.6 is 0 Å². The number of hydrogen-bond donors (Lipinski definition) is 4. The first-order chi connectivity index (χ1) is 19.5. The van der Waals surface area contributed by atoms with Crippen LogP contribution in [-0.4, -0.2) is 68.1 Å². The average Bonchev–Trinajstić information content (AvgIpc) is 3.40. The Morgan fingerprint density at radius 3 is 2.51 bits per heavy atom. The molecule has 0 saturated carbocycles. The molecule has 0 aliphatic carbocycles. The van der Waals surface area contributed by atoms with Gasteiger partial charge in [-0.15, -0.1) is 0 Å². The van der Waals surface area contributed by atoms with E-state index in [1.807, 2.05) is 26.0 Å². The second-order valence-electron chi connectivity index (χ2n) is 10.3. The van der Waals surface area contributed by atoms with Gasteiger partial charge in [-0.2, -0.15) is 9.57 Å². The molecule has 2 aromatic carbocycles. The quantitative estimate of drug-likeness (QED) is 0.198. The van der Waals surface area contributed by atoms with E-state index in [4.69, 9.17) is 4.42 Å². The second-order valence-corrected chi connectivity index (χ2v) is 12.1. The fourth-order valence-electron chi connectivity index (χ4n) is 4.47. The standard InChI is InChI=1S/C29H37N5O6S/c1-21(2)20-34(41(38,39)25-9-10-26-23(15-25)11-14-40-26)29(37,17-22-7-5-4-6-8-22)12-13-32-27(35)16-24(18-30)33-28(36)19-31-3/h4-11,14-15,21,24,31,37H,12-13,16-17,19-20H2,1-3H3,(H,32,35)(H,33,36). The number of aliphatic hydroxyl groups is 1. The third kappa shape index (κ3) is 8.61. The van der Waals surface area contributed by atoms with Gasteiger partial charge in [0, 0.05) is 31.3 Å². The summed E-state index contributed by atoms with van der Waals surface area (Å²) in [4.78, 5) is 24.4. The van der Waals surface area contributed by atoms with Crippen molar-refractivity contribution in [1.29, 1.82) is 5.26 Å². The van der Waals surface area contributed by atoms with Crippen LogP contribution in [-0.2, 0) is 26.0 Å². The topological polar surface area (TPSA) is 165 Å². The first kappa shape index (κ1) is 31.8. The van der Waals surface area contributed by atoms with Gasteiger partial charge >= 0.3 is 0 Å². The van der Waals surface area contributed by atoms with Gasteiger partial charge in [0.2, 0.25) is 21.8 Å². The maximum absolute atomic E-state index is 14.1. The van der Waals surface area contributed by atoms with Crippen LogP contribution < -0.4 is 16.0 Å². The number of hydrogen-bond acceptors (Lipinski definition) is 8. The number of fused-ring (bicyclic) bond motifs is 1. The van der Waals surface area contributed by atoms with E-state index in [0.717, 1.165) is 4.31 Å². The number of nitrogens with one attached hydrogen (secondary N) is 3. The number of furan rings is 1. The van der Waals surface area contributed by atoms with Gasteiger partial charge in [-0.05, 0) is 42.8 Å². The molecule has 4 N–H and O–H groups in total. The Hall–Kier alpha value is -3.76. The number of sulfonamides is 1. The number of amides is 2. The molecule has 0 bridgehead atoms. The lowest BCUT2D eigenvalue weighted by molar-refractivity contribution is -0.123. The zero-order valence-corrected chi connectivity index (χ0v) is 24.3. The van der Waals surface area contributed by atoms with Crippen LogP contribution in [0.25, 0.3) is 11.0 Å². The van der Waals surface area contributed by atoms with Crippen molar-refractivity contribution in [3.63, 3.8) is 0 Å². The summed E-state index contributed by atoms with van der Waals surface area (Å²) in [6.45, 7) is 3.67. The summed E-state index contributed by atoms with van der Waals surface area (Å²) in [5.41, 5.74) is -0.648. The number of carbonyl (C=O) groups excluding carboxylic acids is 2. The van der Waals surface area contributed by atoms with Gasteiger partial charge in [0.15, 0.2) is 0 Å². The second kappa shape index (κ2) is 14.2. The molecule has 0 fully saturated rings. The van der Waals surface area contributed by atoms with Gasteiger partial charge in [-0.1, -0.05) is 44.2 Å². The van der Waals surface area contributed by atoms with E-state index in [1.165, 1.54) is 18.4 Å². The molecule has 12 heteroatoms. The molecule has 1 heterocycles. The normalized spacial score (nSPS) is 14.0. The first-order valence-electron chi connectivity index (χ1n) is 13.3. The monoisotopic (exact) mass is 583 g/mol. The van der Waals surface area contributed by atoms with Gasteiger partial charge in [0.25, 0.3) is 0 Å². The number of nitrogens with zero attached hydrogens (tertiary/aromatic N) is 2. The van der Waals surface area contributed by atoms with E-state index in [-0.39, 0.29) is 49.7 Å². The predicted octanol–water partition coefficient (Wildman–Crippen LogP) is 2.13.